The number of halogens is 1. The van der Waals surface area contributed by atoms with Gasteiger partial charge in [-0.15, -0.1) is 0 Å². The normalized spacial score (nSPS) is 10.8. The third kappa shape index (κ3) is 4.54. The van der Waals surface area contributed by atoms with Gasteiger partial charge in [0, 0.05) is 28.5 Å². The Morgan fingerprint density at radius 1 is 1.11 bits per heavy atom. The van der Waals surface area contributed by atoms with E-state index in [4.69, 9.17) is 25.5 Å². The standard InChI is InChI=1S/C22H21ClO5/c1-3-14-10-20-17(12-18(14)23)16(11-22(25)28-20)13-27-21(24)9-8-15-6-4-5-7-19(15)26-2/h4-7,10-12H,3,8-9,13H2,1-2H3. The SMILES string of the molecule is CCc1cc2oc(=O)cc(COC(=O)CCc3ccccc3OC)c2cc1Cl. The highest BCUT2D eigenvalue weighted by Crippen LogP contribution is 2.26. The van der Waals surface area contributed by atoms with Gasteiger partial charge in [0.25, 0.3) is 0 Å². The Hall–Kier alpha value is -2.79. The maximum atomic E-state index is 12.2. The van der Waals surface area contributed by atoms with Crippen LogP contribution in [0.25, 0.3) is 11.0 Å². The van der Waals surface area contributed by atoms with Gasteiger partial charge in [-0.1, -0.05) is 36.7 Å². The molecule has 0 spiro atoms. The molecule has 0 saturated heterocycles. The minimum Gasteiger partial charge on any atom is -0.496 e. The number of methoxy groups -OCH3 is 1. The third-order valence-corrected chi connectivity index (χ3v) is 4.91. The summed E-state index contributed by atoms with van der Waals surface area (Å²) in [5.74, 6) is 0.381. The number of carbonyl (C=O) groups excluding carboxylic acids is 1. The smallest absolute Gasteiger partial charge is 0.336 e. The van der Waals surface area contributed by atoms with Crippen molar-refractivity contribution in [3.05, 3.63) is 74.6 Å². The van der Waals surface area contributed by atoms with Crippen LogP contribution in [0, 0.1) is 0 Å². The van der Waals surface area contributed by atoms with E-state index >= 15 is 0 Å². The first kappa shape index (κ1) is 20.0. The lowest BCUT2D eigenvalue weighted by Gasteiger charge is -2.10. The molecule has 28 heavy (non-hydrogen) atoms. The summed E-state index contributed by atoms with van der Waals surface area (Å²) in [4.78, 5) is 24.0. The number of hydrogen-bond donors (Lipinski definition) is 0. The summed E-state index contributed by atoms with van der Waals surface area (Å²) in [7, 11) is 1.60. The van der Waals surface area contributed by atoms with E-state index in [1.165, 1.54) is 6.07 Å². The van der Waals surface area contributed by atoms with E-state index in [1.54, 1.807) is 19.2 Å². The quantitative estimate of drug-likeness (QED) is 0.425. The molecule has 3 aromatic rings. The highest BCUT2D eigenvalue weighted by Gasteiger charge is 2.12. The molecule has 0 bridgehead atoms. The lowest BCUT2D eigenvalue weighted by molar-refractivity contribution is -0.144. The molecule has 0 amide bonds. The summed E-state index contributed by atoms with van der Waals surface area (Å²) in [5.41, 5.74) is 2.35. The predicted molar refractivity (Wildman–Crippen MR) is 108 cm³/mol. The molecular formula is C22H21ClO5. The Bertz CT molecular complexity index is 1050. The third-order valence-electron chi connectivity index (χ3n) is 4.56. The lowest BCUT2D eigenvalue weighted by atomic mass is 10.1. The van der Waals surface area contributed by atoms with E-state index < -0.39 is 5.63 Å². The summed E-state index contributed by atoms with van der Waals surface area (Å²) >= 11 is 6.28. The second-order valence-corrected chi connectivity index (χ2v) is 6.76. The van der Waals surface area contributed by atoms with Gasteiger partial charge in [0.1, 0.15) is 17.9 Å². The van der Waals surface area contributed by atoms with Gasteiger partial charge >= 0.3 is 11.6 Å². The molecule has 1 aromatic heterocycles. The van der Waals surface area contributed by atoms with Crippen LogP contribution in [0.15, 0.2) is 51.7 Å². The molecule has 5 nitrogen and oxygen atoms in total. The average molecular weight is 401 g/mol. The zero-order valence-electron chi connectivity index (χ0n) is 15.8. The van der Waals surface area contributed by atoms with Crippen LogP contribution < -0.4 is 10.4 Å². The second kappa shape index (κ2) is 8.93. The van der Waals surface area contributed by atoms with Crippen LogP contribution in [0.4, 0.5) is 0 Å². The molecule has 1 heterocycles. The van der Waals surface area contributed by atoms with Crippen LogP contribution >= 0.6 is 11.6 Å². The number of esters is 1. The fraction of sp³-hybridized carbons (Fsp3) is 0.273. The summed E-state index contributed by atoms with van der Waals surface area (Å²) < 4.78 is 15.9. The van der Waals surface area contributed by atoms with Crippen molar-refractivity contribution in [2.75, 3.05) is 7.11 Å². The summed E-state index contributed by atoms with van der Waals surface area (Å²) in [6, 6.07) is 12.4. The number of carbonyl (C=O) groups is 1. The molecule has 146 valence electrons. The van der Waals surface area contributed by atoms with Gasteiger partial charge in [-0.05, 0) is 42.2 Å². The Morgan fingerprint density at radius 3 is 2.64 bits per heavy atom. The Labute approximate surface area is 167 Å². The molecule has 0 unspecified atom stereocenters. The number of aryl methyl sites for hydroxylation is 2. The number of para-hydroxylation sites is 1. The predicted octanol–water partition coefficient (Wildman–Crippen LogP) is 4.69. The average Bonchev–Trinajstić information content (AvgIpc) is 2.70. The van der Waals surface area contributed by atoms with Crippen molar-refractivity contribution in [3.8, 4) is 5.75 Å². The lowest BCUT2D eigenvalue weighted by Crippen LogP contribution is -2.09. The van der Waals surface area contributed by atoms with E-state index in [2.05, 4.69) is 0 Å². The van der Waals surface area contributed by atoms with Gasteiger partial charge < -0.3 is 13.9 Å². The van der Waals surface area contributed by atoms with Crippen molar-refractivity contribution >= 4 is 28.5 Å². The highest BCUT2D eigenvalue weighted by molar-refractivity contribution is 6.32. The monoisotopic (exact) mass is 400 g/mol. The molecule has 0 fully saturated rings. The Balaban J connectivity index is 1.71. The molecule has 0 aliphatic heterocycles. The van der Waals surface area contributed by atoms with E-state index in [9.17, 15) is 9.59 Å². The number of rotatable bonds is 7. The van der Waals surface area contributed by atoms with E-state index in [-0.39, 0.29) is 19.0 Å². The van der Waals surface area contributed by atoms with Crippen LogP contribution in [-0.4, -0.2) is 13.1 Å². The minimum atomic E-state index is -0.489. The van der Waals surface area contributed by atoms with E-state index in [1.807, 2.05) is 31.2 Å². The van der Waals surface area contributed by atoms with Crippen LogP contribution in [-0.2, 0) is 29.0 Å². The summed E-state index contributed by atoms with van der Waals surface area (Å²) in [6.45, 7) is 1.95. The van der Waals surface area contributed by atoms with Crippen molar-refractivity contribution in [2.45, 2.75) is 32.8 Å². The van der Waals surface area contributed by atoms with Crippen LogP contribution in [0.2, 0.25) is 5.02 Å². The zero-order chi connectivity index (χ0) is 20.1. The summed E-state index contributed by atoms with van der Waals surface area (Å²) in [6.07, 6.45) is 1.44. The number of fused-ring (bicyclic) bond motifs is 1. The van der Waals surface area contributed by atoms with Crippen LogP contribution in [0.1, 0.15) is 30.0 Å². The molecule has 3 rings (SSSR count). The molecule has 2 aromatic carbocycles. The number of hydrogen-bond acceptors (Lipinski definition) is 5. The number of benzene rings is 2. The largest absolute Gasteiger partial charge is 0.496 e. The van der Waals surface area contributed by atoms with Gasteiger partial charge in [0.2, 0.25) is 0 Å². The highest BCUT2D eigenvalue weighted by atomic mass is 35.5. The Morgan fingerprint density at radius 2 is 1.89 bits per heavy atom. The first-order valence-corrected chi connectivity index (χ1v) is 9.42. The van der Waals surface area contributed by atoms with Crippen molar-refractivity contribution in [1.82, 2.24) is 0 Å². The molecule has 0 aliphatic rings. The number of ether oxygens (including phenoxy) is 2. The topological polar surface area (TPSA) is 65.7 Å². The zero-order valence-corrected chi connectivity index (χ0v) is 16.5. The van der Waals surface area contributed by atoms with E-state index in [0.717, 1.165) is 23.3 Å². The van der Waals surface area contributed by atoms with Crippen molar-refractivity contribution in [3.63, 3.8) is 0 Å². The molecule has 0 aliphatic carbocycles. The fourth-order valence-electron chi connectivity index (χ4n) is 3.06. The summed E-state index contributed by atoms with van der Waals surface area (Å²) in [5, 5.41) is 1.26. The van der Waals surface area contributed by atoms with Gasteiger partial charge in [0.05, 0.1) is 7.11 Å². The molecule has 0 atom stereocenters. The van der Waals surface area contributed by atoms with Crippen LogP contribution in [0.5, 0.6) is 5.75 Å². The van der Waals surface area contributed by atoms with Gasteiger partial charge in [-0.3, -0.25) is 4.79 Å². The van der Waals surface area contributed by atoms with Crippen molar-refractivity contribution < 1.29 is 18.7 Å². The first-order chi connectivity index (χ1) is 13.5. The molecule has 0 saturated carbocycles. The maximum absolute atomic E-state index is 12.2. The Kier molecular flexibility index (Phi) is 6.37. The first-order valence-electron chi connectivity index (χ1n) is 9.04. The van der Waals surface area contributed by atoms with Crippen molar-refractivity contribution in [2.24, 2.45) is 0 Å². The second-order valence-electron chi connectivity index (χ2n) is 6.36. The van der Waals surface area contributed by atoms with Gasteiger partial charge in [-0.2, -0.15) is 0 Å². The fourth-order valence-corrected chi connectivity index (χ4v) is 3.35. The molecular weight excluding hydrogens is 380 g/mol. The van der Waals surface area contributed by atoms with Crippen LogP contribution in [0.3, 0.4) is 0 Å². The molecule has 6 heteroatoms. The van der Waals surface area contributed by atoms with Crippen molar-refractivity contribution in [1.29, 1.82) is 0 Å². The minimum absolute atomic E-state index is 0.0192. The molecule has 0 radical (unpaired) electrons. The maximum Gasteiger partial charge on any atom is 0.336 e. The van der Waals surface area contributed by atoms with E-state index in [0.29, 0.717) is 28.0 Å². The van der Waals surface area contributed by atoms with Gasteiger partial charge in [-0.25, -0.2) is 4.79 Å². The molecule has 0 N–H and O–H groups in total. The van der Waals surface area contributed by atoms with Gasteiger partial charge in [0.15, 0.2) is 0 Å².